The van der Waals surface area contributed by atoms with E-state index in [0.717, 1.165) is 11.8 Å². The average Bonchev–Trinajstić information content (AvgIpc) is 3.30. The van der Waals surface area contributed by atoms with Gasteiger partial charge in [0.25, 0.3) is 5.91 Å². The number of hydrogen-bond acceptors (Lipinski definition) is 6. The van der Waals surface area contributed by atoms with E-state index in [1.54, 1.807) is 41.9 Å². The van der Waals surface area contributed by atoms with Gasteiger partial charge in [0.1, 0.15) is 17.3 Å². The van der Waals surface area contributed by atoms with Gasteiger partial charge in [-0.3, -0.25) is 10.2 Å². The number of benzene rings is 1. The molecule has 2 aromatic heterocycles. The molecule has 1 aromatic carbocycles. The highest BCUT2D eigenvalue weighted by molar-refractivity contribution is 8.19. The molecule has 0 unspecified atom stereocenters. The van der Waals surface area contributed by atoms with E-state index in [1.165, 1.54) is 28.4 Å². The highest BCUT2D eigenvalue weighted by Crippen LogP contribution is 2.36. The van der Waals surface area contributed by atoms with Crippen molar-refractivity contribution < 1.29 is 13.6 Å². The fraction of sp³-hybridized carbons (Fsp3) is 0. The van der Waals surface area contributed by atoms with Gasteiger partial charge in [0.15, 0.2) is 10.3 Å². The Labute approximate surface area is 150 Å². The molecule has 1 aliphatic rings. The van der Waals surface area contributed by atoms with Crippen molar-refractivity contribution in [2.75, 3.05) is 4.90 Å². The molecule has 0 bridgehead atoms. The lowest BCUT2D eigenvalue weighted by Crippen LogP contribution is -2.27. The molecule has 8 heteroatoms. The molecule has 25 heavy (non-hydrogen) atoms. The highest BCUT2D eigenvalue weighted by Gasteiger charge is 2.35. The van der Waals surface area contributed by atoms with Crippen molar-refractivity contribution in [1.82, 2.24) is 4.98 Å². The zero-order chi connectivity index (χ0) is 17.4. The summed E-state index contributed by atoms with van der Waals surface area (Å²) >= 11 is 2.34. The van der Waals surface area contributed by atoms with Gasteiger partial charge in [-0.05, 0) is 36.0 Å². The molecule has 0 atom stereocenters. The van der Waals surface area contributed by atoms with Gasteiger partial charge in [-0.2, -0.15) is 0 Å². The van der Waals surface area contributed by atoms with Gasteiger partial charge < -0.3 is 4.42 Å². The maximum Gasteiger partial charge on any atom is 0.273 e. The van der Waals surface area contributed by atoms with Crippen molar-refractivity contribution in [2.45, 2.75) is 0 Å². The van der Waals surface area contributed by atoms with E-state index < -0.39 is 0 Å². The molecule has 0 spiro atoms. The van der Waals surface area contributed by atoms with Crippen molar-refractivity contribution in [3.05, 3.63) is 64.5 Å². The number of furan rings is 1. The second kappa shape index (κ2) is 6.30. The van der Waals surface area contributed by atoms with Gasteiger partial charge in [0.2, 0.25) is 0 Å². The largest absolute Gasteiger partial charge is 0.457 e. The Morgan fingerprint density at radius 3 is 2.92 bits per heavy atom. The van der Waals surface area contributed by atoms with E-state index in [2.05, 4.69) is 4.98 Å². The summed E-state index contributed by atoms with van der Waals surface area (Å²) in [6.45, 7) is 0. The Bertz CT molecular complexity index is 995. The van der Waals surface area contributed by atoms with Crippen molar-refractivity contribution in [3.8, 4) is 11.3 Å². The molecule has 4 rings (SSSR count). The van der Waals surface area contributed by atoms with Crippen LogP contribution in [0.25, 0.3) is 17.4 Å². The van der Waals surface area contributed by atoms with Crippen LogP contribution >= 0.6 is 23.1 Å². The van der Waals surface area contributed by atoms with E-state index in [0.29, 0.717) is 27.1 Å². The third kappa shape index (κ3) is 3.01. The zero-order valence-corrected chi connectivity index (χ0v) is 14.2. The van der Waals surface area contributed by atoms with E-state index in [1.807, 2.05) is 0 Å². The molecule has 1 amide bonds. The summed E-state index contributed by atoms with van der Waals surface area (Å²) in [6, 6.07) is 9.52. The molecule has 5 nitrogen and oxygen atoms in total. The van der Waals surface area contributed by atoms with Crippen LogP contribution in [0, 0.1) is 11.2 Å². The van der Waals surface area contributed by atoms with Crippen LogP contribution in [0.5, 0.6) is 0 Å². The first-order valence-corrected chi connectivity index (χ1v) is 8.89. The predicted octanol–water partition coefficient (Wildman–Crippen LogP) is 4.60. The Morgan fingerprint density at radius 2 is 2.16 bits per heavy atom. The van der Waals surface area contributed by atoms with Crippen LogP contribution in [0.2, 0.25) is 0 Å². The number of thioether (sulfide) groups is 1. The van der Waals surface area contributed by atoms with Crippen LogP contribution in [0.15, 0.2) is 57.3 Å². The van der Waals surface area contributed by atoms with Crippen molar-refractivity contribution >= 4 is 45.4 Å². The van der Waals surface area contributed by atoms with Crippen LogP contribution in [0.3, 0.4) is 0 Å². The summed E-state index contributed by atoms with van der Waals surface area (Å²) < 4.78 is 19.0. The number of halogens is 1. The van der Waals surface area contributed by atoms with Crippen LogP contribution in [0.4, 0.5) is 9.52 Å². The van der Waals surface area contributed by atoms with E-state index in [-0.39, 0.29) is 16.9 Å². The molecule has 1 N–H and O–H groups in total. The van der Waals surface area contributed by atoms with Crippen LogP contribution in [-0.4, -0.2) is 16.1 Å². The molecule has 3 heterocycles. The molecule has 124 valence electrons. The fourth-order valence-electron chi connectivity index (χ4n) is 2.34. The number of nitrogens with one attached hydrogen (secondary N) is 1. The summed E-state index contributed by atoms with van der Waals surface area (Å²) in [5.41, 5.74) is 0.618. The second-order valence-electron chi connectivity index (χ2n) is 5.08. The minimum Gasteiger partial charge on any atom is -0.457 e. The third-order valence-electron chi connectivity index (χ3n) is 3.44. The summed E-state index contributed by atoms with van der Waals surface area (Å²) in [4.78, 5) is 18.2. The first-order chi connectivity index (χ1) is 12.1. The first-order valence-electron chi connectivity index (χ1n) is 7.19. The number of anilines is 1. The van der Waals surface area contributed by atoms with Crippen LogP contribution in [-0.2, 0) is 4.79 Å². The second-order valence-corrected chi connectivity index (χ2v) is 6.99. The lowest BCUT2D eigenvalue weighted by Gasteiger charge is -2.08. The number of hydrogen-bond donors (Lipinski definition) is 1. The number of thiazole rings is 1. The Kier molecular flexibility index (Phi) is 3.98. The number of rotatable bonds is 3. The highest BCUT2D eigenvalue weighted by atomic mass is 32.2. The molecule has 3 aromatic rings. The Morgan fingerprint density at radius 1 is 1.28 bits per heavy atom. The number of nitrogens with zero attached hydrogens (tertiary/aromatic N) is 2. The summed E-state index contributed by atoms with van der Waals surface area (Å²) in [5.74, 6) is 0.314. The van der Waals surface area contributed by atoms with Crippen molar-refractivity contribution in [1.29, 1.82) is 5.41 Å². The number of amidine groups is 1. The molecule has 1 aliphatic heterocycles. The Balaban J connectivity index is 1.62. The van der Waals surface area contributed by atoms with Gasteiger partial charge in [-0.15, -0.1) is 11.3 Å². The minimum atomic E-state index is -0.345. The average molecular weight is 371 g/mol. The van der Waals surface area contributed by atoms with E-state index in [4.69, 9.17) is 9.83 Å². The maximum absolute atomic E-state index is 13.3. The molecule has 1 saturated heterocycles. The topological polar surface area (TPSA) is 70.2 Å². The number of carbonyl (C=O) groups excluding carboxylic acids is 1. The SMILES string of the molecule is N=C1S/C(=C\c2ccc(-c3cccc(F)c3)o2)C(=O)N1c1nccs1. The quantitative estimate of drug-likeness (QED) is 0.683. The lowest BCUT2D eigenvalue weighted by atomic mass is 10.2. The molecule has 1 fully saturated rings. The molecular weight excluding hydrogens is 361 g/mol. The predicted molar refractivity (Wildman–Crippen MR) is 97.0 cm³/mol. The number of amides is 1. The fourth-order valence-corrected chi connectivity index (χ4v) is 3.87. The number of aromatic nitrogens is 1. The van der Waals surface area contributed by atoms with Crippen LogP contribution in [0.1, 0.15) is 5.76 Å². The lowest BCUT2D eigenvalue weighted by molar-refractivity contribution is -0.113. The van der Waals surface area contributed by atoms with Gasteiger partial charge in [-0.1, -0.05) is 12.1 Å². The standard InChI is InChI=1S/C17H10FN3O2S2/c18-11-3-1-2-10(8-11)13-5-4-12(23-13)9-14-15(22)21(16(19)25-14)17-20-6-7-24-17/h1-9,19H/b14-9-,19-16?. The summed E-state index contributed by atoms with van der Waals surface area (Å²) in [6.07, 6.45) is 3.17. The number of carbonyl (C=O) groups is 1. The van der Waals surface area contributed by atoms with Gasteiger partial charge in [0, 0.05) is 23.2 Å². The minimum absolute atomic E-state index is 0.100. The van der Waals surface area contributed by atoms with E-state index in [9.17, 15) is 9.18 Å². The van der Waals surface area contributed by atoms with Gasteiger partial charge in [0.05, 0.1) is 4.91 Å². The van der Waals surface area contributed by atoms with Crippen molar-refractivity contribution in [3.63, 3.8) is 0 Å². The van der Waals surface area contributed by atoms with Crippen molar-refractivity contribution in [2.24, 2.45) is 0 Å². The maximum atomic E-state index is 13.3. The van der Waals surface area contributed by atoms with E-state index >= 15 is 0 Å². The third-order valence-corrected chi connectivity index (χ3v) is 5.09. The van der Waals surface area contributed by atoms with Crippen LogP contribution < -0.4 is 4.90 Å². The molecule has 0 saturated carbocycles. The smallest absolute Gasteiger partial charge is 0.273 e. The molecule has 0 aliphatic carbocycles. The Hall–Kier alpha value is -2.71. The summed E-state index contributed by atoms with van der Waals surface area (Å²) in [7, 11) is 0. The normalized spacial score (nSPS) is 16.2. The molecule has 0 radical (unpaired) electrons. The monoisotopic (exact) mass is 371 g/mol. The first kappa shape index (κ1) is 15.8. The van der Waals surface area contributed by atoms with Gasteiger partial charge >= 0.3 is 0 Å². The summed E-state index contributed by atoms with van der Waals surface area (Å²) in [5, 5.41) is 10.3. The zero-order valence-electron chi connectivity index (χ0n) is 12.6. The van der Waals surface area contributed by atoms with Gasteiger partial charge in [-0.25, -0.2) is 14.3 Å². The molecular formula is C17H10FN3O2S2.